The quantitative estimate of drug-likeness (QED) is 0.787. The zero-order chi connectivity index (χ0) is 16.2. The summed E-state index contributed by atoms with van der Waals surface area (Å²) in [5.74, 6) is -0.532. The SMILES string of the molecule is CCn1nccc1C(=O)Nc1cnn(Cc2ccccc2F)c1. The Morgan fingerprint density at radius 1 is 1.26 bits per heavy atom. The summed E-state index contributed by atoms with van der Waals surface area (Å²) in [7, 11) is 0. The lowest BCUT2D eigenvalue weighted by Crippen LogP contribution is -2.17. The molecule has 23 heavy (non-hydrogen) atoms. The van der Waals surface area contributed by atoms with Crippen molar-refractivity contribution in [1.82, 2.24) is 19.6 Å². The number of hydrogen-bond donors (Lipinski definition) is 1. The van der Waals surface area contributed by atoms with Gasteiger partial charge < -0.3 is 5.32 Å². The minimum Gasteiger partial charge on any atom is -0.318 e. The summed E-state index contributed by atoms with van der Waals surface area (Å²) in [4.78, 5) is 12.2. The highest BCUT2D eigenvalue weighted by molar-refractivity contribution is 6.02. The largest absolute Gasteiger partial charge is 0.318 e. The van der Waals surface area contributed by atoms with Crippen LogP contribution in [0.4, 0.5) is 10.1 Å². The number of hydrogen-bond acceptors (Lipinski definition) is 3. The zero-order valence-corrected chi connectivity index (χ0v) is 12.6. The molecule has 3 aromatic rings. The van der Waals surface area contributed by atoms with E-state index < -0.39 is 0 Å². The maximum absolute atomic E-state index is 13.6. The Morgan fingerprint density at radius 3 is 2.87 bits per heavy atom. The standard InChI is InChI=1S/C16H16FN5O/c1-2-22-15(7-8-18-22)16(23)20-13-9-19-21(11-13)10-12-5-3-4-6-14(12)17/h3-9,11H,2,10H2,1H3,(H,20,23). The van der Waals surface area contributed by atoms with Crippen molar-refractivity contribution < 1.29 is 9.18 Å². The zero-order valence-electron chi connectivity index (χ0n) is 12.6. The summed E-state index contributed by atoms with van der Waals surface area (Å²) in [6, 6.07) is 8.19. The van der Waals surface area contributed by atoms with Gasteiger partial charge in [-0.3, -0.25) is 14.2 Å². The third-order valence-electron chi connectivity index (χ3n) is 3.43. The van der Waals surface area contributed by atoms with Crippen LogP contribution in [0.2, 0.25) is 0 Å². The van der Waals surface area contributed by atoms with Gasteiger partial charge in [0.15, 0.2) is 0 Å². The van der Waals surface area contributed by atoms with Crippen LogP contribution in [0, 0.1) is 5.82 Å². The van der Waals surface area contributed by atoms with Gasteiger partial charge in [-0.05, 0) is 19.1 Å². The molecule has 0 saturated carbocycles. The van der Waals surface area contributed by atoms with E-state index in [9.17, 15) is 9.18 Å². The summed E-state index contributed by atoms with van der Waals surface area (Å²) in [5, 5.41) is 11.0. The second-order valence-electron chi connectivity index (χ2n) is 5.00. The average Bonchev–Trinajstić information content (AvgIpc) is 3.18. The molecule has 2 heterocycles. The van der Waals surface area contributed by atoms with Crippen LogP contribution in [0.15, 0.2) is 48.9 Å². The van der Waals surface area contributed by atoms with E-state index in [0.29, 0.717) is 30.0 Å². The number of halogens is 1. The fraction of sp³-hybridized carbons (Fsp3) is 0.188. The van der Waals surface area contributed by atoms with Gasteiger partial charge in [-0.1, -0.05) is 18.2 Å². The van der Waals surface area contributed by atoms with Crippen molar-refractivity contribution >= 4 is 11.6 Å². The number of nitrogens with zero attached hydrogens (tertiary/aromatic N) is 4. The molecule has 7 heteroatoms. The van der Waals surface area contributed by atoms with Gasteiger partial charge in [0.25, 0.3) is 5.91 Å². The molecule has 1 amide bonds. The van der Waals surface area contributed by atoms with Crippen LogP contribution in [-0.2, 0) is 13.1 Å². The number of nitrogens with one attached hydrogen (secondary N) is 1. The maximum Gasteiger partial charge on any atom is 0.274 e. The number of anilines is 1. The summed E-state index contributed by atoms with van der Waals surface area (Å²) in [6.45, 7) is 2.83. The van der Waals surface area contributed by atoms with E-state index in [0.717, 1.165) is 0 Å². The van der Waals surface area contributed by atoms with Crippen LogP contribution in [0.5, 0.6) is 0 Å². The van der Waals surface area contributed by atoms with E-state index >= 15 is 0 Å². The lowest BCUT2D eigenvalue weighted by atomic mass is 10.2. The van der Waals surface area contributed by atoms with E-state index in [1.165, 1.54) is 12.3 Å². The molecule has 1 aromatic carbocycles. The smallest absolute Gasteiger partial charge is 0.274 e. The summed E-state index contributed by atoms with van der Waals surface area (Å²) >= 11 is 0. The highest BCUT2D eigenvalue weighted by Crippen LogP contribution is 2.12. The molecule has 0 aliphatic heterocycles. The van der Waals surface area contributed by atoms with Gasteiger partial charge in [-0.15, -0.1) is 0 Å². The van der Waals surface area contributed by atoms with Gasteiger partial charge in [0.05, 0.1) is 18.4 Å². The number of benzene rings is 1. The molecule has 0 unspecified atom stereocenters. The van der Waals surface area contributed by atoms with Gasteiger partial charge in [0, 0.05) is 24.5 Å². The average molecular weight is 313 g/mol. The summed E-state index contributed by atoms with van der Waals surface area (Å²) in [5.41, 5.74) is 1.57. The van der Waals surface area contributed by atoms with Crippen molar-refractivity contribution in [2.45, 2.75) is 20.0 Å². The first-order valence-electron chi connectivity index (χ1n) is 7.26. The molecule has 0 fully saturated rings. The fourth-order valence-corrected chi connectivity index (χ4v) is 2.29. The first-order chi connectivity index (χ1) is 11.2. The van der Waals surface area contributed by atoms with Gasteiger partial charge in [0.1, 0.15) is 11.5 Å². The third-order valence-corrected chi connectivity index (χ3v) is 3.43. The Balaban J connectivity index is 1.70. The van der Waals surface area contributed by atoms with E-state index in [1.54, 1.807) is 46.0 Å². The van der Waals surface area contributed by atoms with Crippen molar-refractivity contribution in [2.24, 2.45) is 0 Å². The molecule has 118 valence electrons. The number of amides is 1. The van der Waals surface area contributed by atoms with E-state index in [4.69, 9.17) is 0 Å². The van der Waals surface area contributed by atoms with Gasteiger partial charge >= 0.3 is 0 Å². The van der Waals surface area contributed by atoms with Crippen LogP contribution in [0.1, 0.15) is 23.0 Å². The fourth-order valence-electron chi connectivity index (χ4n) is 2.29. The van der Waals surface area contributed by atoms with Gasteiger partial charge in [-0.2, -0.15) is 10.2 Å². The predicted molar refractivity (Wildman–Crippen MR) is 83.6 cm³/mol. The Hall–Kier alpha value is -2.96. The molecule has 6 nitrogen and oxygen atoms in total. The van der Waals surface area contributed by atoms with Crippen molar-refractivity contribution in [2.75, 3.05) is 5.32 Å². The van der Waals surface area contributed by atoms with E-state index in [-0.39, 0.29) is 11.7 Å². The van der Waals surface area contributed by atoms with E-state index in [2.05, 4.69) is 15.5 Å². The summed E-state index contributed by atoms with van der Waals surface area (Å²) < 4.78 is 16.8. The molecule has 0 bridgehead atoms. The molecule has 2 aromatic heterocycles. The van der Waals surface area contributed by atoms with Crippen LogP contribution in [0.25, 0.3) is 0 Å². The molecule has 0 aliphatic rings. The normalized spacial score (nSPS) is 10.7. The highest BCUT2D eigenvalue weighted by atomic mass is 19.1. The number of aryl methyl sites for hydroxylation is 1. The van der Waals surface area contributed by atoms with Crippen molar-refractivity contribution in [1.29, 1.82) is 0 Å². The van der Waals surface area contributed by atoms with Crippen molar-refractivity contribution in [3.63, 3.8) is 0 Å². The molecule has 0 atom stereocenters. The van der Waals surface area contributed by atoms with Crippen LogP contribution in [-0.4, -0.2) is 25.5 Å². The van der Waals surface area contributed by atoms with Crippen LogP contribution < -0.4 is 5.32 Å². The maximum atomic E-state index is 13.6. The number of aromatic nitrogens is 4. The van der Waals surface area contributed by atoms with E-state index in [1.807, 2.05) is 6.92 Å². The Morgan fingerprint density at radius 2 is 2.09 bits per heavy atom. The van der Waals surface area contributed by atoms with Crippen LogP contribution >= 0.6 is 0 Å². The molecular formula is C16H16FN5O. The molecular weight excluding hydrogens is 297 g/mol. The molecule has 0 radical (unpaired) electrons. The first kappa shape index (κ1) is 15.0. The Bertz CT molecular complexity index is 823. The lowest BCUT2D eigenvalue weighted by molar-refractivity contribution is 0.101. The second-order valence-corrected chi connectivity index (χ2v) is 5.00. The summed E-state index contributed by atoms with van der Waals surface area (Å²) in [6.07, 6.45) is 4.78. The van der Waals surface area contributed by atoms with Crippen LogP contribution in [0.3, 0.4) is 0 Å². The highest BCUT2D eigenvalue weighted by Gasteiger charge is 2.12. The molecule has 0 saturated heterocycles. The Kier molecular flexibility index (Phi) is 4.18. The minimum atomic E-state index is -0.277. The minimum absolute atomic E-state index is 0.255. The van der Waals surface area contributed by atoms with Gasteiger partial charge in [0.2, 0.25) is 0 Å². The number of rotatable bonds is 5. The number of carbonyl (C=O) groups excluding carboxylic acids is 1. The third kappa shape index (κ3) is 3.28. The second kappa shape index (κ2) is 6.43. The van der Waals surface area contributed by atoms with Crippen molar-refractivity contribution in [3.05, 3.63) is 66.0 Å². The first-order valence-corrected chi connectivity index (χ1v) is 7.26. The van der Waals surface area contributed by atoms with Crippen molar-refractivity contribution in [3.8, 4) is 0 Å². The lowest BCUT2D eigenvalue weighted by Gasteiger charge is -2.05. The molecule has 1 N–H and O–H groups in total. The molecule has 3 rings (SSSR count). The predicted octanol–water partition coefficient (Wildman–Crippen LogP) is 2.54. The topological polar surface area (TPSA) is 64.7 Å². The molecule has 0 spiro atoms. The number of carbonyl (C=O) groups is 1. The Labute approximate surface area is 132 Å². The molecule has 0 aliphatic carbocycles. The monoisotopic (exact) mass is 313 g/mol. The van der Waals surface area contributed by atoms with Gasteiger partial charge in [-0.25, -0.2) is 4.39 Å².